The van der Waals surface area contributed by atoms with Crippen molar-refractivity contribution >= 4 is 0 Å². The van der Waals surface area contributed by atoms with Crippen LogP contribution in [0.15, 0.2) is 12.4 Å². The van der Waals surface area contributed by atoms with E-state index in [0.29, 0.717) is 6.04 Å². The van der Waals surface area contributed by atoms with Crippen molar-refractivity contribution in [3.63, 3.8) is 0 Å². The quantitative estimate of drug-likeness (QED) is 0.823. The largest absolute Gasteiger partial charge is 0.309 e. The third-order valence-corrected chi connectivity index (χ3v) is 3.44. The van der Waals surface area contributed by atoms with Gasteiger partial charge in [0.15, 0.2) is 0 Å². The lowest BCUT2D eigenvalue weighted by molar-refractivity contribution is 0.174. The van der Waals surface area contributed by atoms with Crippen LogP contribution in [0.3, 0.4) is 0 Å². The molecule has 1 aromatic heterocycles. The number of hydrogen-bond donors (Lipinski definition) is 1. The molecule has 90 valence electrons. The summed E-state index contributed by atoms with van der Waals surface area (Å²) in [6.45, 7) is 5.67. The zero-order valence-corrected chi connectivity index (χ0v) is 10.5. The van der Waals surface area contributed by atoms with Crippen LogP contribution in [0.25, 0.3) is 0 Å². The predicted molar refractivity (Wildman–Crippen MR) is 65.1 cm³/mol. The van der Waals surface area contributed by atoms with Gasteiger partial charge in [0, 0.05) is 37.9 Å². The molecule has 1 aromatic rings. The Morgan fingerprint density at radius 1 is 1.50 bits per heavy atom. The Bertz CT molecular complexity index is 334. The first-order valence-electron chi connectivity index (χ1n) is 6.04. The number of nitrogens with zero attached hydrogens (tertiary/aromatic N) is 3. The summed E-state index contributed by atoms with van der Waals surface area (Å²) in [6.07, 6.45) is 5.26. The van der Waals surface area contributed by atoms with E-state index >= 15 is 0 Å². The Balaban J connectivity index is 1.81. The second-order valence-corrected chi connectivity index (χ2v) is 5.04. The Morgan fingerprint density at radius 3 is 2.94 bits per heavy atom. The summed E-state index contributed by atoms with van der Waals surface area (Å²) in [6, 6.07) is 0.649. The van der Waals surface area contributed by atoms with Crippen molar-refractivity contribution in [3.05, 3.63) is 18.0 Å². The molecule has 1 N–H and O–H groups in total. The van der Waals surface area contributed by atoms with Crippen molar-refractivity contribution in [3.8, 4) is 0 Å². The summed E-state index contributed by atoms with van der Waals surface area (Å²) in [5.74, 6) is 0.732. The normalized spacial score (nSPS) is 27.2. The molecule has 1 saturated heterocycles. The molecule has 4 heteroatoms. The first-order chi connectivity index (χ1) is 7.65. The number of hydrogen-bond acceptors (Lipinski definition) is 3. The van der Waals surface area contributed by atoms with Crippen molar-refractivity contribution in [1.82, 2.24) is 20.0 Å². The first kappa shape index (κ1) is 11.6. The Kier molecular flexibility index (Phi) is 3.61. The molecule has 0 saturated carbocycles. The van der Waals surface area contributed by atoms with Gasteiger partial charge in [-0.1, -0.05) is 6.92 Å². The lowest BCUT2D eigenvalue weighted by Gasteiger charge is -2.35. The van der Waals surface area contributed by atoms with Crippen LogP contribution in [0, 0.1) is 5.92 Å². The van der Waals surface area contributed by atoms with E-state index in [9.17, 15) is 0 Å². The minimum atomic E-state index is 0.649. The molecule has 0 aromatic carbocycles. The molecular formula is C12H22N4. The highest BCUT2D eigenvalue weighted by molar-refractivity contribution is 5.03. The van der Waals surface area contributed by atoms with Crippen LogP contribution < -0.4 is 5.32 Å². The SMILES string of the molecule is CC1CN(C)CCC1NCc1cnn(C)c1. The highest BCUT2D eigenvalue weighted by Gasteiger charge is 2.23. The van der Waals surface area contributed by atoms with Gasteiger partial charge in [-0.05, 0) is 25.9 Å². The summed E-state index contributed by atoms with van der Waals surface area (Å²) < 4.78 is 1.86. The van der Waals surface area contributed by atoms with Crippen molar-refractivity contribution < 1.29 is 0 Å². The van der Waals surface area contributed by atoms with Crippen LogP contribution in [0.1, 0.15) is 18.9 Å². The molecule has 1 aliphatic heterocycles. The van der Waals surface area contributed by atoms with E-state index in [-0.39, 0.29) is 0 Å². The Hall–Kier alpha value is -0.870. The number of aromatic nitrogens is 2. The molecule has 16 heavy (non-hydrogen) atoms. The van der Waals surface area contributed by atoms with Gasteiger partial charge in [-0.25, -0.2) is 0 Å². The zero-order chi connectivity index (χ0) is 11.5. The fraction of sp³-hybridized carbons (Fsp3) is 0.750. The van der Waals surface area contributed by atoms with E-state index in [1.54, 1.807) is 0 Å². The molecule has 0 spiro atoms. The van der Waals surface area contributed by atoms with Gasteiger partial charge >= 0.3 is 0 Å². The minimum absolute atomic E-state index is 0.649. The summed E-state index contributed by atoms with van der Waals surface area (Å²) in [5.41, 5.74) is 1.27. The highest BCUT2D eigenvalue weighted by atomic mass is 15.2. The van der Waals surface area contributed by atoms with Crippen molar-refractivity contribution in [2.45, 2.75) is 25.9 Å². The van der Waals surface area contributed by atoms with E-state index in [1.807, 2.05) is 17.9 Å². The van der Waals surface area contributed by atoms with E-state index in [1.165, 1.54) is 25.1 Å². The summed E-state index contributed by atoms with van der Waals surface area (Å²) in [5, 5.41) is 7.82. The summed E-state index contributed by atoms with van der Waals surface area (Å²) >= 11 is 0. The molecule has 4 nitrogen and oxygen atoms in total. The molecule has 2 unspecified atom stereocenters. The average Bonchev–Trinajstić information content (AvgIpc) is 2.63. The average molecular weight is 222 g/mol. The van der Waals surface area contributed by atoms with Crippen LogP contribution in [-0.4, -0.2) is 40.9 Å². The molecule has 0 amide bonds. The van der Waals surface area contributed by atoms with Crippen LogP contribution in [0.2, 0.25) is 0 Å². The van der Waals surface area contributed by atoms with E-state index in [2.05, 4.69) is 35.5 Å². The zero-order valence-electron chi connectivity index (χ0n) is 10.5. The van der Waals surface area contributed by atoms with Crippen molar-refractivity contribution in [2.24, 2.45) is 13.0 Å². The summed E-state index contributed by atoms with van der Waals surface area (Å²) in [7, 11) is 4.16. The fourth-order valence-electron chi connectivity index (χ4n) is 2.47. The second kappa shape index (κ2) is 4.97. The van der Waals surface area contributed by atoms with Crippen molar-refractivity contribution in [2.75, 3.05) is 20.1 Å². The van der Waals surface area contributed by atoms with Gasteiger partial charge < -0.3 is 10.2 Å². The van der Waals surface area contributed by atoms with Crippen LogP contribution in [-0.2, 0) is 13.6 Å². The standard InChI is InChI=1S/C12H22N4/c1-10-8-15(2)5-4-12(10)13-6-11-7-14-16(3)9-11/h7,9-10,12-13H,4-6,8H2,1-3H3. The molecule has 0 radical (unpaired) electrons. The molecule has 2 atom stereocenters. The van der Waals surface area contributed by atoms with Gasteiger partial charge in [0.25, 0.3) is 0 Å². The molecule has 2 heterocycles. The van der Waals surface area contributed by atoms with Crippen molar-refractivity contribution in [1.29, 1.82) is 0 Å². The van der Waals surface area contributed by atoms with Gasteiger partial charge in [0.05, 0.1) is 6.20 Å². The number of rotatable bonds is 3. The Morgan fingerprint density at radius 2 is 2.31 bits per heavy atom. The molecule has 1 fully saturated rings. The van der Waals surface area contributed by atoms with E-state index < -0.39 is 0 Å². The maximum Gasteiger partial charge on any atom is 0.0534 e. The number of nitrogens with one attached hydrogen (secondary N) is 1. The fourth-order valence-corrected chi connectivity index (χ4v) is 2.47. The highest BCUT2D eigenvalue weighted by Crippen LogP contribution is 2.15. The van der Waals surface area contributed by atoms with E-state index in [4.69, 9.17) is 0 Å². The van der Waals surface area contributed by atoms with E-state index in [0.717, 1.165) is 12.5 Å². The summed E-state index contributed by atoms with van der Waals surface area (Å²) in [4.78, 5) is 2.41. The third kappa shape index (κ3) is 2.83. The van der Waals surface area contributed by atoms with Gasteiger partial charge in [0.2, 0.25) is 0 Å². The molecule has 0 bridgehead atoms. The van der Waals surface area contributed by atoms with Crippen LogP contribution in [0.5, 0.6) is 0 Å². The maximum absolute atomic E-state index is 4.18. The van der Waals surface area contributed by atoms with Gasteiger partial charge in [-0.3, -0.25) is 4.68 Å². The van der Waals surface area contributed by atoms with Gasteiger partial charge in [-0.15, -0.1) is 0 Å². The van der Waals surface area contributed by atoms with Crippen LogP contribution >= 0.6 is 0 Å². The number of piperidine rings is 1. The topological polar surface area (TPSA) is 33.1 Å². The minimum Gasteiger partial charge on any atom is -0.309 e. The molecule has 2 rings (SSSR count). The van der Waals surface area contributed by atoms with Crippen LogP contribution in [0.4, 0.5) is 0 Å². The molecular weight excluding hydrogens is 200 g/mol. The molecule has 1 aliphatic rings. The number of likely N-dealkylation sites (tertiary alicyclic amines) is 1. The lowest BCUT2D eigenvalue weighted by Crippen LogP contribution is -2.46. The monoisotopic (exact) mass is 222 g/mol. The Labute approximate surface area is 97.6 Å². The van der Waals surface area contributed by atoms with Gasteiger partial charge in [0.1, 0.15) is 0 Å². The lowest BCUT2D eigenvalue weighted by atomic mass is 9.94. The second-order valence-electron chi connectivity index (χ2n) is 5.04. The first-order valence-corrected chi connectivity index (χ1v) is 6.04. The molecule has 0 aliphatic carbocycles. The third-order valence-electron chi connectivity index (χ3n) is 3.44. The predicted octanol–water partition coefficient (Wildman–Crippen LogP) is 0.850. The van der Waals surface area contributed by atoms with Gasteiger partial charge in [-0.2, -0.15) is 5.10 Å². The number of aryl methyl sites for hydroxylation is 1. The maximum atomic E-state index is 4.18. The smallest absolute Gasteiger partial charge is 0.0534 e.